The van der Waals surface area contributed by atoms with E-state index in [0.29, 0.717) is 5.92 Å². The second kappa shape index (κ2) is 3.86. The molecule has 1 heterocycles. The van der Waals surface area contributed by atoms with Gasteiger partial charge >= 0.3 is 16.3 Å². The van der Waals surface area contributed by atoms with Crippen molar-refractivity contribution in [3.63, 3.8) is 0 Å². The van der Waals surface area contributed by atoms with Gasteiger partial charge in [-0.15, -0.1) is 0 Å². The maximum atomic E-state index is 6.04. The molecule has 1 aliphatic heterocycles. The van der Waals surface area contributed by atoms with Gasteiger partial charge in [0.05, 0.1) is 17.4 Å². The molecule has 0 aromatic rings. The number of allylic oxidation sites excluding steroid dienone is 5. The minimum absolute atomic E-state index is 0.0251. The average Bonchev–Trinajstić information content (AvgIpc) is 2.81. The molecule has 1 saturated heterocycles. The van der Waals surface area contributed by atoms with E-state index in [-0.39, 0.29) is 10.8 Å². The van der Waals surface area contributed by atoms with E-state index in [2.05, 4.69) is 31.2 Å². The van der Waals surface area contributed by atoms with Gasteiger partial charge in [0.25, 0.3) is 0 Å². The van der Waals surface area contributed by atoms with Gasteiger partial charge in [-0.05, 0) is 25.3 Å². The Morgan fingerprint density at radius 2 is 2.12 bits per heavy atom. The standard InChI is InChI=1S/C13H15O2.Al.2H/c1-13-7-11(10-4-2-3-5-10)6-12(13)8-14-9-15-13;;;/h2-5,9,12H,6-8H2,1H3;;;/t12-,13-;;;/m0.../s1. The van der Waals surface area contributed by atoms with Gasteiger partial charge < -0.3 is 9.47 Å². The van der Waals surface area contributed by atoms with Crippen LogP contribution in [0, 0.1) is 5.92 Å². The molecule has 0 amide bonds. The highest BCUT2D eigenvalue weighted by molar-refractivity contribution is 6.10. The van der Waals surface area contributed by atoms with Gasteiger partial charge in [-0.25, -0.2) is 0 Å². The van der Waals surface area contributed by atoms with Crippen molar-refractivity contribution in [1.82, 2.24) is 0 Å². The first-order chi connectivity index (χ1) is 7.67. The monoisotopic (exact) mass is 232 g/mol. The van der Waals surface area contributed by atoms with Crippen LogP contribution in [0.2, 0.25) is 0 Å². The second-order valence-electron chi connectivity index (χ2n) is 5.19. The van der Waals surface area contributed by atoms with Crippen molar-refractivity contribution < 1.29 is 9.47 Å². The van der Waals surface area contributed by atoms with E-state index in [1.54, 1.807) is 0 Å². The van der Waals surface area contributed by atoms with Crippen LogP contribution in [0.15, 0.2) is 35.5 Å². The van der Waals surface area contributed by atoms with Crippen LogP contribution >= 0.6 is 0 Å². The number of hydrogen-bond acceptors (Lipinski definition) is 2. The lowest BCUT2D eigenvalue weighted by molar-refractivity contribution is -0.231. The fraction of sp³-hybridized carbons (Fsp3) is 0.538. The maximum Gasteiger partial charge on any atom is 0.303 e. The van der Waals surface area contributed by atoms with Crippen LogP contribution < -0.4 is 0 Å². The summed E-state index contributed by atoms with van der Waals surface area (Å²) in [5.41, 5.74) is 2.96. The predicted molar refractivity (Wildman–Crippen MR) is 65.8 cm³/mol. The molecule has 3 rings (SSSR count). The molecule has 0 spiro atoms. The zero-order chi connectivity index (χ0) is 11.2. The van der Waals surface area contributed by atoms with Crippen LogP contribution in [0.5, 0.6) is 0 Å². The molecule has 0 aromatic heterocycles. The first-order valence-corrected chi connectivity index (χ1v) is 7.19. The van der Waals surface area contributed by atoms with E-state index in [1.807, 2.05) is 0 Å². The van der Waals surface area contributed by atoms with Crippen molar-refractivity contribution in [2.45, 2.75) is 30.5 Å². The molecular formula is C13H17AlO2. The molecule has 0 aromatic carbocycles. The summed E-state index contributed by atoms with van der Waals surface area (Å²) in [6.45, 7) is 3.12. The summed E-state index contributed by atoms with van der Waals surface area (Å²) in [6.07, 6.45) is 10.8. The smallest absolute Gasteiger partial charge is 0.303 e. The Balaban J connectivity index is 1.88. The Morgan fingerprint density at radius 3 is 2.88 bits per heavy atom. The Bertz CT molecular complexity index is 383. The normalized spacial score (nSPS) is 41.8. The van der Waals surface area contributed by atoms with Crippen molar-refractivity contribution in [3.8, 4) is 0 Å². The van der Waals surface area contributed by atoms with Gasteiger partial charge in [0.15, 0.2) is 0 Å². The summed E-state index contributed by atoms with van der Waals surface area (Å²) in [5.74, 6) is 0.544. The lowest BCUT2D eigenvalue weighted by atomic mass is 9.93. The predicted octanol–water partition coefficient (Wildman–Crippen LogP) is 1.54. The van der Waals surface area contributed by atoms with Gasteiger partial charge in [0.1, 0.15) is 0 Å². The number of ether oxygens (including phenoxy) is 2. The molecule has 3 atom stereocenters. The van der Waals surface area contributed by atoms with Crippen molar-refractivity contribution >= 4 is 16.3 Å². The van der Waals surface area contributed by atoms with Gasteiger partial charge in [0.2, 0.25) is 0 Å². The van der Waals surface area contributed by atoms with Crippen molar-refractivity contribution in [2.75, 3.05) is 6.61 Å². The Hall–Kier alpha value is -0.328. The molecular weight excluding hydrogens is 215 g/mol. The van der Waals surface area contributed by atoms with Gasteiger partial charge in [0, 0.05) is 5.92 Å². The average molecular weight is 232 g/mol. The van der Waals surface area contributed by atoms with E-state index in [4.69, 9.17) is 9.47 Å². The maximum absolute atomic E-state index is 6.04. The van der Waals surface area contributed by atoms with E-state index in [1.165, 1.54) is 11.1 Å². The molecule has 3 heteroatoms. The Morgan fingerprint density at radius 1 is 1.38 bits per heavy atom. The third-order valence-corrected chi connectivity index (χ3v) is 4.53. The van der Waals surface area contributed by atoms with Crippen LogP contribution in [-0.4, -0.2) is 33.7 Å². The SMILES string of the molecule is C[C@]12CC(=C3C=CC=C3)C[C@H]1CO[CH]([AlH2])O2. The largest absolute Gasteiger partial charge is 0.368 e. The molecule has 2 nitrogen and oxygen atoms in total. The summed E-state index contributed by atoms with van der Waals surface area (Å²) in [7, 11) is 0. The highest BCUT2D eigenvalue weighted by Gasteiger charge is 2.46. The number of fused-ring (bicyclic) bond motifs is 1. The molecule has 0 bridgehead atoms. The first kappa shape index (κ1) is 10.8. The first-order valence-electron chi connectivity index (χ1n) is 6.03. The minimum atomic E-state index is 0.0251. The zero-order valence-corrected chi connectivity index (χ0v) is 11.9. The molecule has 2 aliphatic carbocycles. The van der Waals surface area contributed by atoms with E-state index in [0.717, 1.165) is 35.7 Å². The van der Waals surface area contributed by atoms with Crippen molar-refractivity contribution in [1.29, 1.82) is 0 Å². The lowest BCUT2D eigenvalue weighted by Crippen LogP contribution is -2.45. The van der Waals surface area contributed by atoms with Crippen LogP contribution in [-0.2, 0) is 9.47 Å². The number of hydrogen-bond donors (Lipinski definition) is 0. The summed E-state index contributed by atoms with van der Waals surface area (Å²) in [5, 5.41) is 0.0836. The fourth-order valence-electron chi connectivity index (χ4n) is 3.02. The minimum Gasteiger partial charge on any atom is -0.368 e. The van der Waals surface area contributed by atoms with Crippen LogP contribution in [0.25, 0.3) is 0 Å². The lowest BCUT2D eigenvalue weighted by Gasteiger charge is -2.39. The Kier molecular flexibility index (Phi) is 2.60. The zero-order valence-electron chi connectivity index (χ0n) is 9.90. The third kappa shape index (κ3) is 1.73. The number of rotatable bonds is 0. The quantitative estimate of drug-likeness (QED) is 0.590. The molecule has 0 radical (unpaired) electrons. The summed E-state index contributed by atoms with van der Waals surface area (Å²) >= 11 is 0.961. The van der Waals surface area contributed by atoms with E-state index in [9.17, 15) is 0 Å². The van der Waals surface area contributed by atoms with Crippen LogP contribution in [0.4, 0.5) is 0 Å². The van der Waals surface area contributed by atoms with Crippen LogP contribution in [0.3, 0.4) is 0 Å². The molecule has 16 heavy (non-hydrogen) atoms. The fourth-order valence-corrected chi connectivity index (χ4v) is 3.75. The summed E-state index contributed by atoms with van der Waals surface area (Å²) in [4.78, 5) is 0. The van der Waals surface area contributed by atoms with Gasteiger partial charge in [-0.1, -0.05) is 29.9 Å². The Labute approximate surface area is 104 Å². The van der Waals surface area contributed by atoms with Gasteiger partial charge in [-0.3, -0.25) is 0 Å². The van der Waals surface area contributed by atoms with Crippen molar-refractivity contribution in [3.05, 3.63) is 35.5 Å². The molecule has 2 fully saturated rings. The molecule has 3 aliphatic rings. The highest BCUT2D eigenvalue weighted by Crippen LogP contribution is 2.46. The highest BCUT2D eigenvalue weighted by atomic mass is 27.0. The van der Waals surface area contributed by atoms with Crippen LogP contribution in [0.1, 0.15) is 19.8 Å². The third-order valence-electron chi connectivity index (χ3n) is 3.96. The van der Waals surface area contributed by atoms with Crippen molar-refractivity contribution in [2.24, 2.45) is 5.92 Å². The topological polar surface area (TPSA) is 18.5 Å². The van der Waals surface area contributed by atoms with E-state index < -0.39 is 0 Å². The van der Waals surface area contributed by atoms with Gasteiger partial charge in [-0.2, -0.15) is 0 Å². The molecule has 84 valence electrons. The second-order valence-corrected chi connectivity index (χ2v) is 6.13. The summed E-state index contributed by atoms with van der Waals surface area (Å²) in [6, 6.07) is 0. The molecule has 1 unspecified atom stereocenters. The molecule has 1 saturated carbocycles. The molecule has 0 N–H and O–H groups in total. The van der Waals surface area contributed by atoms with E-state index >= 15 is 0 Å². The summed E-state index contributed by atoms with van der Waals surface area (Å²) < 4.78 is 11.7.